The molecule has 0 saturated carbocycles. The molecule has 7 nitrogen and oxygen atoms in total. The first-order valence-electron chi connectivity index (χ1n) is 8.99. The first-order chi connectivity index (χ1) is 11.3. The van der Waals surface area contributed by atoms with E-state index in [-0.39, 0.29) is 43.4 Å². The maximum Gasteiger partial charge on any atom is 0.410 e. The third-order valence-electron chi connectivity index (χ3n) is 4.89. The van der Waals surface area contributed by atoms with E-state index in [1.807, 2.05) is 4.90 Å². The van der Waals surface area contributed by atoms with E-state index in [0.717, 1.165) is 26.1 Å². The predicted molar refractivity (Wildman–Crippen MR) is 107 cm³/mol. The molecule has 0 aromatic heterocycles. The Morgan fingerprint density at radius 1 is 1.31 bits per heavy atom. The summed E-state index contributed by atoms with van der Waals surface area (Å²) in [6.07, 6.45) is 2.15. The number of carbonyl (C=O) groups is 2. The number of hydrogen-bond acceptors (Lipinski definition) is 5. The summed E-state index contributed by atoms with van der Waals surface area (Å²) in [5.74, 6) is 0.621. The molecule has 2 aliphatic heterocycles. The Morgan fingerprint density at radius 2 is 1.92 bits per heavy atom. The molecule has 2 amide bonds. The zero-order valence-electron chi connectivity index (χ0n) is 16.1. The molecule has 0 aliphatic carbocycles. The van der Waals surface area contributed by atoms with Gasteiger partial charge in [-0.3, -0.25) is 4.79 Å². The van der Waals surface area contributed by atoms with Gasteiger partial charge in [0.25, 0.3) is 0 Å². The van der Waals surface area contributed by atoms with Crippen LogP contribution in [0.4, 0.5) is 4.79 Å². The largest absolute Gasteiger partial charge is 0.441 e. The van der Waals surface area contributed by atoms with Gasteiger partial charge < -0.3 is 25.2 Å². The molecular weight excluding hydrogens is 379 g/mol. The highest BCUT2D eigenvalue weighted by atomic mass is 35.5. The van der Waals surface area contributed by atoms with Crippen LogP contribution in [0.5, 0.6) is 0 Å². The summed E-state index contributed by atoms with van der Waals surface area (Å²) in [4.78, 5) is 29.7. The van der Waals surface area contributed by atoms with Gasteiger partial charge >= 0.3 is 6.09 Å². The minimum atomic E-state index is -0.410. The molecule has 0 bridgehead atoms. The van der Waals surface area contributed by atoms with Gasteiger partial charge in [-0.15, -0.1) is 24.8 Å². The summed E-state index contributed by atoms with van der Waals surface area (Å²) in [6, 6.07) is 0. The van der Waals surface area contributed by atoms with Crippen LogP contribution in [0.2, 0.25) is 0 Å². The molecular formula is C17H34Cl2N4O3. The van der Waals surface area contributed by atoms with E-state index < -0.39 is 5.60 Å². The average molecular weight is 413 g/mol. The van der Waals surface area contributed by atoms with E-state index in [1.54, 1.807) is 4.90 Å². The van der Waals surface area contributed by atoms with E-state index in [1.165, 1.54) is 0 Å². The number of ether oxygens (including phenoxy) is 1. The van der Waals surface area contributed by atoms with Crippen LogP contribution < -0.4 is 5.73 Å². The van der Waals surface area contributed by atoms with Gasteiger partial charge in [0.15, 0.2) is 0 Å². The van der Waals surface area contributed by atoms with Crippen LogP contribution in [0.1, 0.15) is 33.1 Å². The van der Waals surface area contributed by atoms with Gasteiger partial charge in [0.2, 0.25) is 5.91 Å². The Balaban J connectivity index is 0.00000312. The number of hydrogen-bond donors (Lipinski definition) is 1. The molecule has 0 aromatic rings. The van der Waals surface area contributed by atoms with Crippen molar-refractivity contribution in [1.29, 1.82) is 0 Å². The lowest BCUT2D eigenvalue weighted by Gasteiger charge is -2.37. The van der Waals surface area contributed by atoms with Gasteiger partial charge in [-0.25, -0.2) is 4.79 Å². The highest BCUT2D eigenvalue weighted by molar-refractivity contribution is 5.85. The fourth-order valence-electron chi connectivity index (χ4n) is 3.66. The number of likely N-dealkylation sites (tertiary alicyclic amines) is 1. The molecule has 0 aromatic carbocycles. The molecule has 1 spiro atoms. The second-order valence-electron chi connectivity index (χ2n) is 7.57. The first-order valence-corrected chi connectivity index (χ1v) is 8.99. The first kappa shape index (κ1) is 25.2. The molecule has 26 heavy (non-hydrogen) atoms. The minimum absolute atomic E-state index is 0. The van der Waals surface area contributed by atoms with Crippen LogP contribution >= 0.6 is 24.8 Å². The van der Waals surface area contributed by atoms with Crippen molar-refractivity contribution in [3.05, 3.63) is 0 Å². The lowest BCUT2D eigenvalue weighted by atomic mass is 9.91. The summed E-state index contributed by atoms with van der Waals surface area (Å²) in [6.45, 7) is 9.12. The van der Waals surface area contributed by atoms with Gasteiger partial charge in [-0.2, -0.15) is 0 Å². The molecule has 2 fully saturated rings. The Labute approximate surface area is 169 Å². The van der Waals surface area contributed by atoms with Gasteiger partial charge in [-0.05, 0) is 25.9 Å². The number of rotatable bonds is 7. The second kappa shape index (κ2) is 11.2. The minimum Gasteiger partial charge on any atom is -0.441 e. The summed E-state index contributed by atoms with van der Waals surface area (Å²) < 4.78 is 5.69. The van der Waals surface area contributed by atoms with Crippen molar-refractivity contribution >= 4 is 36.8 Å². The Kier molecular flexibility index (Phi) is 10.8. The number of carbonyl (C=O) groups excluding carboxylic acids is 2. The van der Waals surface area contributed by atoms with Gasteiger partial charge in [0, 0.05) is 39.0 Å². The molecule has 0 radical (unpaired) electrons. The summed E-state index contributed by atoms with van der Waals surface area (Å²) in [5, 5.41) is 0. The standard InChI is InChI=1S/C17H32N4O3.2ClH/c1-14(2)12-19(3)7-4-8-21-13-17(24-16(21)23)5-9-20(10-6-17)15(22)11-18;;/h14H,4-13,18H2,1-3H3;2*1H. The van der Waals surface area contributed by atoms with Crippen molar-refractivity contribution in [2.75, 3.05) is 52.9 Å². The third kappa shape index (κ3) is 6.76. The van der Waals surface area contributed by atoms with E-state index in [2.05, 4.69) is 25.8 Å². The lowest BCUT2D eigenvalue weighted by molar-refractivity contribution is -0.133. The topological polar surface area (TPSA) is 79.1 Å². The van der Waals surface area contributed by atoms with E-state index in [0.29, 0.717) is 38.4 Å². The van der Waals surface area contributed by atoms with Crippen LogP contribution in [0.15, 0.2) is 0 Å². The fraction of sp³-hybridized carbons (Fsp3) is 0.882. The number of halogens is 2. The number of nitrogens with two attached hydrogens (primary N) is 1. The van der Waals surface area contributed by atoms with Crippen LogP contribution in [-0.4, -0.2) is 85.2 Å². The Morgan fingerprint density at radius 3 is 2.46 bits per heavy atom. The highest BCUT2D eigenvalue weighted by Crippen LogP contribution is 2.33. The monoisotopic (exact) mass is 412 g/mol. The quantitative estimate of drug-likeness (QED) is 0.686. The lowest BCUT2D eigenvalue weighted by Crippen LogP contribution is -2.50. The van der Waals surface area contributed by atoms with E-state index in [9.17, 15) is 9.59 Å². The van der Waals surface area contributed by atoms with Gasteiger partial charge in [-0.1, -0.05) is 13.8 Å². The molecule has 2 heterocycles. The highest BCUT2D eigenvalue weighted by Gasteiger charge is 2.47. The smallest absolute Gasteiger partial charge is 0.410 e. The zero-order valence-corrected chi connectivity index (χ0v) is 17.7. The van der Waals surface area contributed by atoms with E-state index in [4.69, 9.17) is 10.5 Å². The maximum absolute atomic E-state index is 12.2. The van der Waals surface area contributed by atoms with Crippen LogP contribution in [0.3, 0.4) is 0 Å². The van der Waals surface area contributed by atoms with Gasteiger partial charge in [0.1, 0.15) is 5.60 Å². The van der Waals surface area contributed by atoms with Crippen LogP contribution in [-0.2, 0) is 9.53 Å². The normalized spacial score (nSPS) is 18.8. The predicted octanol–water partition coefficient (Wildman–Crippen LogP) is 1.58. The molecule has 0 unspecified atom stereocenters. The van der Waals surface area contributed by atoms with Crippen LogP contribution in [0.25, 0.3) is 0 Å². The van der Waals surface area contributed by atoms with Crippen molar-refractivity contribution in [3.8, 4) is 0 Å². The summed E-state index contributed by atoms with van der Waals surface area (Å²) >= 11 is 0. The molecule has 9 heteroatoms. The molecule has 154 valence electrons. The van der Waals surface area contributed by atoms with Gasteiger partial charge in [0.05, 0.1) is 13.1 Å². The summed E-state index contributed by atoms with van der Waals surface area (Å²) in [7, 11) is 2.12. The number of piperidine rings is 1. The molecule has 2 N–H and O–H groups in total. The average Bonchev–Trinajstić information content (AvgIpc) is 2.82. The van der Waals surface area contributed by atoms with Crippen molar-refractivity contribution in [3.63, 3.8) is 0 Å². The molecule has 2 aliphatic rings. The third-order valence-corrected chi connectivity index (χ3v) is 4.89. The van der Waals surface area contributed by atoms with Crippen molar-refractivity contribution in [2.45, 2.75) is 38.7 Å². The zero-order chi connectivity index (χ0) is 17.7. The molecule has 0 atom stereocenters. The fourth-order valence-corrected chi connectivity index (χ4v) is 3.66. The Hall–Kier alpha value is -0.760. The molecule has 2 saturated heterocycles. The summed E-state index contributed by atoms with van der Waals surface area (Å²) in [5.41, 5.74) is 5.00. The number of nitrogens with zero attached hydrogens (tertiary/aromatic N) is 3. The van der Waals surface area contributed by atoms with Crippen molar-refractivity contribution < 1.29 is 14.3 Å². The second-order valence-corrected chi connectivity index (χ2v) is 7.57. The van der Waals surface area contributed by atoms with E-state index >= 15 is 0 Å². The Bertz CT molecular complexity index is 457. The van der Waals surface area contributed by atoms with Crippen molar-refractivity contribution in [1.82, 2.24) is 14.7 Å². The molecule has 2 rings (SSSR count). The van der Waals surface area contributed by atoms with Crippen LogP contribution in [0, 0.1) is 5.92 Å². The van der Waals surface area contributed by atoms with Crippen molar-refractivity contribution in [2.24, 2.45) is 11.7 Å². The maximum atomic E-state index is 12.2. The SMILES string of the molecule is CC(C)CN(C)CCCN1CC2(CCN(C(=O)CN)CC2)OC1=O.Cl.Cl. The number of amides is 2.